The average Bonchev–Trinajstić information content (AvgIpc) is 3.20. The molecular weight excluding hydrogens is 488 g/mol. The maximum atomic E-state index is 13.2. The molecule has 5 nitrogen and oxygen atoms in total. The number of nitrogens with zero attached hydrogens (tertiary/aromatic N) is 3. The predicted octanol–water partition coefficient (Wildman–Crippen LogP) is 5.93. The van der Waals surface area contributed by atoms with E-state index in [1.807, 2.05) is 4.90 Å². The van der Waals surface area contributed by atoms with Crippen molar-refractivity contribution in [2.75, 3.05) is 13.1 Å². The van der Waals surface area contributed by atoms with Crippen LogP contribution in [0.3, 0.4) is 0 Å². The molecule has 1 spiro atoms. The number of benzene rings is 2. The van der Waals surface area contributed by atoms with Crippen molar-refractivity contribution in [1.82, 2.24) is 9.80 Å². The molecule has 1 atom stereocenters. The van der Waals surface area contributed by atoms with Crippen molar-refractivity contribution in [3.8, 4) is 0 Å². The van der Waals surface area contributed by atoms with Crippen LogP contribution >= 0.6 is 58.2 Å². The normalized spacial score (nSPS) is 24.1. The van der Waals surface area contributed by atoms with Crippen LogP contribution < -0.4 is 0 Å². The first kappa shape index (κ1) is 20.3. The fourth-order valence-corrected chi connectivity index (χ4v) is 6.07. The zero-order valence-electron chi connectivity index (χ0n) is 15.2. The van der Waals surface area contributed by atoms with Gasteiger partial charge in [-0.05, 0) is 54.1 Å². The quantitative estimate of drug-likeness (QED) is 0.479. The van der Waals surface area contributed by atoms with Gasteiger partial charge in [-0.15, -0.1) is 0 Å². The highest BCUT2D eigenvalue weighted by molar-refractivity contribution is 8.05. The SMILES string of the molecule is O=C1/C(=C\c2ccc(Cl)cc2Cl)SC23ON=C(c4c(Cl)cccc4Cl)N2CCCN13. The van der Waals surface area contributed by atoms with Crippen LogP contribution in [0.1, 0.15) is 17.5 Å². The van der Waals surface area contributed by atoms with E-state index in [1.165, 1.54) is 11.8 Å². The van der Waals surface area contributed by atoms with E-state index in [4.69, 9.17) is 51.2 Å². The molecule has 0 saturated carbocycles. The van der Waals surface area contributed by atoms with E-state index in [9.17, 15) is 4.79 Å². The van der Waals surface area contributed by atoms with Gasteiger partial charge >= 0.3 is 5.18 Å². The van der Waals surface area contributed by atoms with Crippen LogP contribution in [0, 0.1) is 0 Å². The molecule has 154 valence electrons. The van der Waals surface area contributed by atoms with Crippen LogP contribution in [0.2, 0.25) is 20.1 Å². The van der Waals surface area contributed by atoms with Crippen molar-refractivity contribution in [2.24, 2.45) is 5.16 Å². The van der Waals surface area contributed by atoms with Crippen LogP contribution in [0.5, 0.6) is 0 Å². The first-order chi connectivity index (χ1) is 14.4. The number of carbonyl (C=O) groups is 1. The van der Waals surface area contributed by atoms with E-state index in [0.29, 0.717) is 55.0 Å². The summed E-state index contributed by atoms with van der Waals surface area (Å²) in [6.45, 7) is 1.19. The van der Waals surface area contributed by atoms with Gasteiger partial charge in [-0.3, -0.25) is 14.6 Å². The molecule has 3 aliphatic heterocycles. The Bertz CT molecular complexity index is 1120. The Morgan fingerprint density at radius 2 is 1.77 bits per heavy atom. The second-order valence-corrected chi connectivity index (χ2v) is 9.72. The summed E-state index contributed by atoms with van der Waals surface area (Å²) in [5.41, 5.74) is 1.29. The van der Waals surface area contributed by atoms with Crippen molar-refractivity contribution >= 4 is 76.0 Å². The van der Waals surface area contributed by atoms with Crippen molar-refractivity contribution in [1.29, 1.82) is 0 Å². The molecule has 3 aliphatic rings. The van der Waals surface area contributed by atoms with Gasteiger partial charge in [0.1, 0.15) is 0 Å². The monoisotopic (exact) mass is 499 g/mol. The predicted molar refractivity (Wildman–Crippen MR) is 122 cm³/mol. The Labute approximate surface area is 197 Å². The Morgan fingerprint density at radius 1 is 1.03 bits per heavy atom. The van der Waals surface area contributed by atoms with Gasteiger partial charge in [-0.2, -0.15) is 0 Å². The second-order valence-electron chi connectivity index (χ2n) is 6.89. The van der Waals surface area contributed by atoms with E-state index in [0.717, 1.165) is 6.42 Å². The molecule has 0 aliphatic carbocycles. The fraction of sp³-hybridized carbons (Fsp3) is 0.200. The average molecular weight is 501 g/mol. The van der Waals surface area contributed by atoms with Gasteiger partial charge in [0.15, 0.2) is 5.84 Å². The van der Waals surface area contributed by atoms with Crippen molar-refractivity contribution in [3.05, 3.63) is 72.5 Å². The minimum atomic E-state index is -1.10. The standard InChI is InChI=1S/C20H13Cl4N3O2S/c21-12-6-5-11(15(24)10-12)9-16-19(28)27-8-2-7-26-18(25-29-20(26,27)30-16)17-13(22)3-1-4-14(17)23/h1,3-6,9-10H,2,7-8H2/b16-9+. The molecule has 0 N–H and O–H groups in total. The van der Waals surface area contributed by atoms with Crippen LogP contribution in [0.4, 0.5) is 0 Å². The highest BCUT2D eigenvalue weighted by Crippen LogP contribution is 2.53. The maximum Gasteiger partial charge on any atom is 0.348 e. The molecule has 2 saturated heterocycles. The Hall–Kier alpha value is -1.57. The third kappa shape index (κ3) is 3.09. The summed E-state index contributed by atoms with van der Waals surface area (Å²) in [5.74, 6) is 0.374. The fourth-order valence-electron chi connectivity index (χ4n) is 3.73. The molecule has 0 aromatic heterocycles. The van der Waals surface area contributed by atoms with Crippen LogP contribution in [-0.2, 0) is 9.63 Å². The molecule has 3 heterocycles. The number of hydrogen-bond acceptors (Lipinski definition) is 5. The zero-order valence-corrected chi connectivity index (χ0v) is 19.1. The lowest BCUT2D eigenvalue weighted by molar-refractivity contribution is -0.167. The highest BCUT2D eigenvalue weighted by atomic mass is 35.5. The number of carbonyl (C=O) groups excluding carboxylic acids is 1. The number of amides is 1. The molecule has 0 bridgehead atoms. The van der Waals surface area contributed by atoms with Crippen molar-refractivity contribution in [2.45, 2.75) is 11.6 Å². The molecular formula is C20H13Cl4N3O2S. The molecule has 1 unspecified atom stereocenters. The van der Waals surface area contributed by atoms with E-state index in [2.05, 4.69) is 5.16 Å². The largest absolute Gasteiger partial charge is 0.348 e. The third-order valence-corrected chi connectivity index (χ3v) is 7.57. The minimum absolute atomic E-state index is 0.141. The summed E-state index contributed by atoms with van der Waals surface area (Å²) in [7, 11) is 0. The zero-order chi connectivity index (χ0) is 21.0. The van der Waals surface area contributed by atoms with E-state index < -0.39 is 5.18 Å². The number of hydrogen-bond donors (Lipinski definition) is 0. The number of rotatable bonds is 2. The van der Waals surface area contributed by atoms with Gasteiger partial charge in [-0.25, -0.2) is 0 Å². The van der Waals surface area contributed by atoms with E-state index in [1.54, 1.807) is 47.4 Å². The van der Waals surface area contributed by atoms with E-state index in [-0.39, 0.29) is 5.91 Å². The van der Waals surface area contributed by atoms with Gasteiger partial charge in [-0.1, -0.05) is 63.7 Å². The highest BCUT2D eigenvalue weighted by Gasteiger charge is 2.62. The van der Waals surface area contributed by atoms with Crippen molar-refractivity contribution < 1.29 is 9.63 Å². The number of oxime groups is 1. The molecule has 2 fully saturated rings. The first-order valence-corrected chi connectivity index (χ1v) is 11.4. The van der Waals surface area contributed by atoms with E-state index >= 15 is 0 Å². The third-order valence-electron chi connectivity index (χ3n) is 5.09. The minimum Gasteiger partial charge on any atom is -0.332 e. The van der Waals surface area contributed by atoms with Crippen LogP contribution in [0.15, 0.2) is 46.5 Å². The van der Waals surface area contributed by atoms with Gasteiger partial charge in [0, 0.05) is 23.1 Å². The van der Waals surface area contributed by atoms with Crippen molar-refractivity contribution in [3.63, 3.8) is 0 Å². The Kier molecular flexibility index (Phi) is 5.11. The van der Waals surface area contributed by atoms with Crippen LogP contribution in [0.25, 0.3) is 6.08 Å². The maximum absolute atomic E-state index is 13.2. The Balaban J connectivity index is 1.54. The summed E-state index contributed by atoms with van der Waals surface area (Å²) >= 11 is 26.4. The molecule has 2 aromatic rings. The van der Waals surface area contributed by atoms with Gasteiger partial charge < -0.3 is 4.84 Å². The van der Waals surface area contributed by atoms with Gasteiger partial charge in [0.25, 0.3) is 5.91 Å². The van der Waals surface area contributed by atoms with Crippen LogP contribution in [-0.4, -0.2) is 39.8 Å². The molecule has 1 amide bonds. The lowest BCUT2D eigenvalue weighted by Crippen LogP contribution is -2.60. The molecule has 0 radical (unpaired) electrons. The smallest absolute Gasteiger partial charge is 0.332 e. The van der Waals surface area contributed by atoms with Gasteiger partial charge in [0.2, 0.25) is 0 Å². The molecule has 30 heavy (non-hydrogen) atoms. The Morgan fingerprint density at radius 3 is 2.50 bits per heavy atom. The number of halogens is 4. The summed E-state index contributed by atoms with van der Waals surface area (Å²) in [5, 5.41) is 5.14. The number of amidine groups is 1. The topological polar surface area (TPSA) is 45.1 Å². The summed E-state index contributed by atoms with van der Waals surface area (Å²) in [6.07, 6.45) is 2.51. The molecule has 10 heteroatoms. The lowest BCUT2D eigenvalue weighted by atomic mass is 10.1. The summed E-state index contributed by atoms with van der Waals surface area (Å²) < 4.78 is 0. The second kappa shape index (κ2) is 7.53. The first-order valence-electron chi connectivity index (χ1n) is 9.06. The molecule has 5 rings (SSSR count). The lowest BCUT2D eigenvalue weighted by Gasteiger charge is -2.42. The molecule has 2 aromatic carbocycles. The summed E-state index contributed by atoms with van der Waals surface area (Å²) in [4.78, 5) is 23.2. The number of thioether (sulfide) groups is 1. The van der Waals surface area contributed by atoms with Gasteiger partial charge in [0.05, 0.1) is 20.5 Å². The summed E-state index contributed by atoms with van der Waals surface area (Å²) in [6, 6.07) is 10.4.